The molecule has 2 amide bonds. The summed E-state index contributed by atoms with van der Waals surface area (Å²) >= 11 is 1.50. The standard InChI is InChI=1S/C21H28N4O2S/c1-4-5-10-17-23-15(3)18(28-17)21(27)25-12-7-9-16(13-25)20(26)24-19-14(2)8-6-11-22-19/h6,8,11,16H,4-5,7,9-10,12-13H2,1-3H3,(H,22,24,26). The lowest BCUT2D eigenvalue weighted by molar-refractivity contribution is -0.121. The lowest BCUT2D eigenvalue weighted by Crippen LogP contribution is -2.43. The van der Waals surface area contributed by atoms with Gasteiger partial charge >= 0.3 is 0 Å². The van der Waals surface area contributed by atoms with E-state index in [0.717, 1.165) is 48.4 Å². The molecule has 0 aromatic carbocycles. The Hall–Kier alpha value is -2.28. The third kappa shape index (κ3) is 4.76. The third-order valence-electron chi connectivity index (χ3n) is 5.11. The van der Waals surface area contributed by atoms with E-state index in [4.69, 9.17) is 0 Å². The van der Waals surface area contributed by atoms with Crippen molar-refractivity contribution in [3.05, 3.63) is 39.5 Å². The number of amides is 2. The predicted molar refractivity (Wildman–Crippen MR) is 112 cm³/mol. The second kappa shape index (κ2) is 9.28. The first-order valence-electron chi connectivity index (χ1n) is 9.97. The van der Waals surface area contributed by atoms with Crippen LogP contribution in [-0.2, 0) is 11.2 Å². The zero-order chi connectivity index (χ0) is 20.1. The number of anilines is 1. The van der Waals surface area contributed by atoms with Gasteiger partial charge < -0.3 is 10.2 Å². The number of carbonyl (C=O) groups excluding carboxylic acids is 2. The molecule has 0 saturated carbocycles. The van der Waals surface area contributed by atoms with Gasteiger partial charge in [-0.1, -0.05) is 19.4 Å². The Morgan fingerprint density at radius 1 is 1.36 bits per heavy atom. The number of unbranched alkanes of at least 4 members (excludes halogenated alkanes) is 1. The second-order valence-electron chi connectivity index (χ2n) is 7.37. The van der Waals surface area contributed by atoms with Gasteiger partial charge in [-0.15, -0.1) is 11.3 Å². The minimum absolute atomic E-state index is 0.00395. The van der Waals surface area contributed by atoms with Crippen LogP contribution in [0.3, 0.4) is 0 Å². The van der Waals surface area contributed by atoms with E-state index in [2.05, 4.69) is 22.2 Å². The fourth-order valence-corrected chi connectivity index (χ4v) is 4.51. The molecule has 0 aliphatic carbocycles. The van der Waals surface area contributed by atoms with Crippen molar-refractivity contribution in [3.63, 3.8) is 0 Å². The molecule has 1 saturated heterocycles. The quantitative estimate of drug-likeness (QED) is 0.796. The molecule has 0 radical (unpaired) electrons. The topological polar surface area (TPSA) is 75.2 Å². The highest BCUT2D eigenvalue weighted by molar-refractivity contribution is 7.13. The number of pyridine rings is 1. The summed E-state index contributed by atoms with van der Waals surface area (Å²) in [5, 5.41) is 3.95. The number of nitrogens with zero attached hydrogens (tertiary/aromatic N) is 3. The van der Waals surface area contributed by atoms with E-state index < -0.39 is 0 Å². The minimum atomic E-state index is -0.216. The fourth-order valence-electron chi connectivity index (χ4n) is 3.44. The highest BCUT2D eigenvalue weighted by Crippen LogP contribution is 2.25. The van der Waals surface area contributed by atoms with Crippen molar-refractivity contribution in [1.29, 1.82) is 0 Å². The molecule has 1 unspecified atom stereocenters. The van der Waals surface area contributed by atoms with E-state index >= 15 is 0 Å². The molecule has 1 aliphatic rings. The van der Waals surface area contributed by atoms with Crippen LogP contribution in [0.15, 0.2) is 18.3 Å². The second-order valence-corrected chi connectivity index (χ2v) is 8.46. The summed E-state index contributed by atoms with van der Waals surface area (Å²) < 4.78 is 0. The zero-order valence-corrected chi connectivity index (χ0v) is 17.6. The lowest BCUT2D eigenvalue weighted by Gasteiger charge is -2.31. The number of likely N-dealkylation sites (tertiary alicyclic amines) is 1. The molecule has 7 heteroatoms. The van der Waals surface area contributed by atoms with Crippen molar-refractivity contribution in [2.24, 2.45) is 5.92 Å². The summed E-state index contributed by atoms with van der Waals surface area (Å²) in [5.74, 6) is 0.315. The van der Waals surface area contributed by atoms with Crippen LogP contribution >= 0.6 is 11.3 Å². The molecule has 1 fully saturated rings. The van der Waals surface area contributed by atoms with Crippen LogP contribution in [-0.4, -0.2) is 39.8 Å². The van der Waals surface area contributed by atoms with E-state index in [1.807, 2.05) is 30.9 Å². The first-order chi connectivity index (χ1) is 13.5. The van der Waals surface area contributed by atoms with Gasteiger partial charge in [0.25, 0.3) is 5.91 Å². The maximum absolute atomic E-state index is 13.0. The summed E-state index contributed by atoms with van der Waals surface area (Å²) in [6.45, 7) is 7.10. The molecule has 28 heavy (non-hydrogen) atoms. The zero-order valence-electron chi connectivity index (χ0n) is 16.8. The van der Waals surface area contributed by atoms with Crippen LogP contribution < -0.4 is 5.32 Å². The van der Waals surface area contributed by atoms with E-state index in [0.29, 0.717) is 23.8 Å². The van der Waals surface area contributed by atoms with E-state index in [9.17, 15) is 9.59 Å². The number of thiazole rings is 1. The number of aromatic nitrogens is 2. The molecule has 0 spiro atoms. The van der Waals surface area contributed by atoms with Gasteiger partial charge in [-0.05, 0) is 51.2 Å². The highest BCUT2D eigenvalue weighted by atomic mass is 32.1. The minimum Gasteiger partial charge on any atom is -0.337 e. The van der Waals surface area contributed by atoms with Gasteiger partial charge in [0, 0.05) is 19.3 Å². The van der Waals surface area contributed by atoms with Crippen LogP contribution in [0.1, 0.15) is 58.5 Å². The fraction of sp³-hybridized carbons (Fsp3) is 0.524. The average molecular weight is 401 g/mol. The van der Waals surface area contributed by atoms with Crippen molar-refractivity contribution in [1.82, 2.24) is 14.9 Å². The molecule has 1 atom stereocenters. The Kier molecular flexibility index (Phi) is 6.78. The molecule has 3 rings (SSSR count). The Balaban J connectivity index is 1.66. The maximum atomic E-state index is 13.0. The first kappa shape index (κ1) is 20.5. The van der Waals surface area contributed by atoms with Gasteiger partial charge in [0.15, 0.2) is 0 Å². The summed E-state index contributed by atoms with van der Waals surface area (Å²) in [6.07, 6.45) is 6.39. The number of aryl methyl sites for hydroxylation is 3. The van der Waals surface area contributed by atoms with Gasteiger partial charge in [-0.3, -0.25) is 9.59 Å². The number of hydrogen-bond donors (Lipinski definition) is 1. The lowest BCUT2D eigenvalue weighted by atomic mass is 9.97. The van der Waals surface area contributed by atoms with Gasteiger partial charge in [0.05, 0.1) is 16.6 Å². The number of carbonyl (C=O) groups is 2. The van der Waals surface area contributed by atoms with E-state index in [1.165, 1.54) is 11.3 Å². The van der Waals surface area contributed by atoms with E-state index in [-0.39, 0.29) is 17.7 Å². The van der Waals surface area contributed by atoms with Crippen LogP contribution in [0, 0.1) is 19.8 Å². The number of piperidine rings is 1. The first-order valence-corrected chi connectivity index (χ1v) is 10.8. The van der Waals surface area contributed by atoms with Gasteiger partial charge in [0.1, 0.15) is 10.7 Å². The van der Waals surface area contributed by atoms with Gasteiger partial charge in [-0.2, -0.15) is 0 Å². The largest absolute Gasteiger partial charge is 0.337 e. The molecule has 1 aliphatic heterocycles. The van der Waals surface area contributed by atoms with Crippen molar-refractivity contribution in [3.8, 4) is 0 Å². The van der Waals surface area contributed by atoms with E-state index in [1.54, 1.807) is 6.20 Å². The molecular formula is C21H28N4O2S. The molecular weight excluding hydrogens is 372 g/mol. The Morgan fingerprint density at radius 3 is 2.93 bits per heavy atom. The number of nitrogens with one attached hydrogen (secondary N) is 1. The summed E-state index contributed by atoms with van der Waals surface area (Å²) in [5.41, 5.74) is 1.73. The smallest absolute Gasteiger partial charge is 0.265 e. The van der Waals surface area contributed by atoms with Crippen LogP contribution in [0.5, 0.6) is 0 Å². The Morgan fingerprint density at radius 2 is 2.18 bits per heavy atom. The molecule has 0 bridgehead atoms. The predicted octanol–water partition coefficient (Wildman–Crippen LogP) is 3.99. The normalized spacial score (nSPS) is 16.8. The molecule has 3 heterocycles. The maximum Gasteiger partial charge on any atom is 0.265 e. The van der Waals surface area contributed by atoms with Crippen LogP contribution in [0.2, 0.25) is 0 Å². The molecule has 2 aromatic rings. The Bertz CT molecular complexity index is 849. The monoisotopic (exact) mass is 400 g/mol. The molecule has 150 valence electrons. The van der Waals surface area contributed by atoms with Crippen LogP contribution in [0.25, 0.3) is 0 Å². The summed E-state index contributed by atoms with van der Waals surface area (Å²) in [7, 11) is 0. The number of rotatable bonds is 6. The molecule has 6 nitrogen and oxygen atoms in total. The average Bonchev–Trinajstić information content (AvgIpc) is 3.08. The number of hydrogen-bond acceptors (Lipinski definition) is 5. The molecule has 2 aromatic heterocycles. The van der Waals surface area contributed by atoms with Crippen molar-refractivity contribution in [2.45, 2.75) is 52.9 Å². The highest BCUT2D eigenvalue weighted by Gasteiger charge is 2.31. The summed E-state index contributed by atoms with van der Waals surface area (Å²) in [4.78, 5) is 37.1. The van der Waals surface area contributed by atoms with Crippen molar-refractivity contribution in [2.75, 3.05) is 18.4 Å². The van der Waals surface area contributed by atoms with Gasteiger partial charge in [-0.25, -0.2) is 9.97 Å². The SMILES string of the molecule is CCCCc1nc(C)c(C(=O)N2CCCC(C(=O)Nc3ncccc3C)C2)s1. The van der Waals surface area contributed by atoms with Crippen LogP contribution in [0.4, 0.5) is 5.82 Å². The third-order valence-corrected chi connectivity index (χ3v) is 6.31. The van der Waals surface area contributed by atoms with Gasteiger partial charge in [0.2, 0.25) is 5.91 Å². The molecule has 1 N–H and O–H groups in total. The summed E-state index contributed by atoms with van der Waals surface area (Å²) in [6, 6.07) is 3.76. The van der Waals surface area contributed by atoms with Crippen molar-refractivity contribution < 1.29 is 9.59 Å². The Labute approximate surface area is 170 Å². The van der Waals surface area contributed by atoms with Crippen molar-refractivity contribution >= 4 is 29.0 Å².